The quantitative estimate of drug-likeness (QED) is 0.836. The summed E-state index contributed by atoms with van der Waals surface area (Å²) in [4.78, 5) is 4.71. The average molecular weight is 244 g/mol. The first-order chi connectivity index (χ1) is 8.36. The van der Waals surface area contributed by atoms with Gasteiger partial charge < -0.3 is 5.32 Å². The number of hydrogen-bond acceptors (Lipinski definition) is 3. The summed E-state index contributed by atoms with van der Waals surface area (Å²) < 4.78 is 0. The molecule has 0 aliphatic heterocycles. The van der Waals surface area contributed by atoms with Gasteiger partial charge in [0.05, 0.1) is 5.52 Å². The Morgan fingerprint density at radius 2 is 2.18 bits per heavy atom. The Kier molecular flexibility index (Phi) is 3.04. The molecule has 1 saturated carbocycles. The molecule has 1 N–H and O–H groups in total. The molecule has 0 bridgehead atoms. The van der Waals surface area contributed by atoms with Crippen LogP contribution in [0.1, 0.15) is 18.4 Å². The van der Waals surface area contributed by atoms with Crippen molar-refractivity contribution < 1.29 is 0 Å². The number of pyridine rings is 1. The molecule has 3 rings (SSSR count). The average Bonchev–Trinajstić information content (AvgIpc) is 3.19. The van der Waals surface area contributed by atoms with Crippen molar-refractivity contribution in [1.82, 2.24) is 10.3 Å². The lowest BCUT2D eigenvalue weighted by atomic mass is 10.1. The van der Waals surface area contributed by atoms with Gasteiger partial charge in [-0.1, -0.05) is 18.2 Å². The van der Waals surface area contributed by atoms with Gasteiger partial charge in [-0.2, -0.15) is 0 Å². The molecule has 1 aromatic carbocycles. The molecule has 0 radical (unpaired) electrons. The Balaban J connectivity index is 1.95. The van der Waals surface area contributed by atoms with Crippen molar-refractivity contribution in [2.24, 2.45) is 0 Å². The van der Waals surface area contributed by atoms with Crippen LogP contribution in [0.5, 0.6) is 0 Å². The molecule has 0 atom stereocenters. The summed E-state index contributed by atoms with van der Waals surface area (Å²) in [7, 11) is 0. The van der Waals surface area contributed by atoms with Crippen molar-refractivity contribution in [3.63, 3.8) is 0 Å². The van der Waals surface area contributed by atoms with Crippen molar-refractivity contribution >= 4 is 22.7 Å². The largest absolute Gasteiger partial charge is 0.310 e. The molecule has 1 aromatic heterocycles. The number of nitrogens with zero attached hydrogens (tertiary/aromatic N) is 1. The van der Waals surface area contributed by atoms with Crippen LogP contribution in [0.25, 0.3) is 10.9 Å². The summed E-state index contributed by atoms with van der Waals surface area (Å²) in [6, 6.07) is 11.3. The Bertz CT molecular complexity index is 535. The maximum absolute atomic E-state index is 4.71. The molecular weight excluding hydrogens is 228 g/mol. The highest BCUT2D eigenvalue weighted by Gasteiger charge is 2.20. The summed E-state index contributed by atoms with van der Waals surface area (Å²) in [6.07, 6.45) is 4.75. The summed E-state index contributed by atoms with van der Waals surface area (Å²) in [5, 5.41) is 5.94. The SMILES string of the molecule is CSc1nc2ccccc2cc1CNC1CC1. The van der Waals surface area contributed by atoms with E-state index < -0.39 is 0 Å². The maximum Gasteiger partial charge on any atom is 0.101 e. The van der Waals surface area contributed by atoms with E-state index in [1.54, 1.807) is 11.8 Å². The molecule has 88 valence electrons. The smallest absolute Gasteiger partial charge is 0.101 e. The van der Waals surface area contributed by atoms with Crippen LogP contribution in [0, 0.1) is 0 Å². The van der Waals surface area contributed by atoms with Crippen molar-refractivity contribution in [1.29, 1.82) is 0 Å². The molecule has 0 amide bonds. The lowest BCUT2D eigenvalue weighted by molar-refractivity contribution is 0.677. The number of hydrogen-bond donors (Lipinski definition) is 1. The highest BCUT2D eigenvalue weighted by Crippen LogP contribution is 2.25. The fourth-order valence-corrected chi connectivity index (χ4v) is 2.57. The minimum absolute atomic E-state index is 0.746. The van der Waals surface area contributed by atoms with Gasteiger partial charge in [0.15, 0.2) is 0 Å². The van der Waals surface area contributed by atoms with Gasteiger partial charge in [-0.05, 0) is 36.8 Å². The van der Waals surface area contributed by atoms with E-state index in [1.807, 2.05) is 6.07 Å². The number of rotatable bonds is 4. The van der Waals surface area contributed by atoms with Crippen LogP contribution in [0.15, 0.2) is 35.4 Å². The van der Waals surface area contributed by atoms with Gasteiger partial charge in [0.1, 0.15) is 5.03 Å². The number of aromatic nitrogens is 1. The Labute approximate surface area is 106 Å². The van der Waals surface area contributed by atoms with Crippen LogP contribution in [-0.2, 0) is 6.54 Å². The lowest BCUT2D eigenvalue weighted by Crippen LogP contribution is -2.16. The zero-order chi connectivity index (χ0) is 11.7. The molecule has 3 heteroatoms. The molecule has 0 unspecified atom stereocenters. The molecule has 17 heavy (non-hydrogen) atoms. The highest BCUT2D eigenvalue weighted by molar-refractivity contribution is 7.98. The van der Waals surface area contributed by atoms with E-state index in [0.29, 0.717) is 0 Å². The number of thioether (sulfide) groups is 1. The Morgan fingerprint density at radius 1 is 1.35 bits per heavy atom. The van der Waals surface area contributed by atoms with Crippen molar-refractivity contribution in [2.75, 3.05) is 6.26 Å². The van der Waals surface area contributed by atoms with Crippen LogP contribution in [0.3, 0.4) is 0 Å². The third kappa shape index (κ3) is 2.45. The monoisotopic (exact) mass is 244 g/mol. The predicted octanol–water partition coefficient (Wildman–Crippen LogP) is 3.21. The first kappa shape index (κ1) is 11.1. The molecule has 1 fully saturated rings. The highest BCUT2D eigenvalue weighted by atomic mass is 32.2. The lowest BCUT2D eigenvalue weighted by Gasteiger charge is -2.09. The summed E-state index contributed by atoms with van der Waals surface area (Å²) in [5.41, 5.74) is 2.41. The van der Waals surface area contributed by atoms with Crippen LogP contribution >= 0.6 is 11.8 Å². The molecule has 0 saturated heterocycles. The predicted molar refractivity (Wildman–Crippen MR) is 73.4 cm³/mol. The Morgan fingerprint density at radius 3 is 2.94 bits per heavy atom. The second-order valence-electron chi connectivity index (χ2n) is 4.50. The molecular formula is C14H16N2S. The first-order valence-corrected chi connectivity index (χ1v) is 7.25. The fraction of sp³-hybridized carbons (Fsp3) is 0.357. The van der Waals surface area contributed by atoms with Gasteiger partial charge in [0, 0.05) is 18.0 Å². The third-order valence-electron chi connectivity index (χ3n) is 3.12. The molecule has 0 spiro atoms. The number of nitrogens with one attached hydrogen (secondary N) is 1. The van der Waals surface area contributed by atoms with Gasteiger partial charge in [0.2, 0.25) is 0 Å². The first-order valence-electron chi connectivity index (χ1n) is 6.03. The number of benzene rings is 1. The van der Waals surface area contributed by atoms with E-state index in [2.05, 4.69) is 35.8 Å². The molecule has 1 heterocycles. The van der Waals surface area contributed by atoms with E-state index in [9.17, 15) is 0 Å². The third-order valence-corrected chi connectivity index (χ3v) is 3.86. The second-order valence-corrected chi connectivity index (χ2v) is 5.30. The molecule has 2 aromatic rings. The topological polar surface area (TPSA) is 24.9 Å². The van der Waals surface area contributed by atoms with Gasteiger partial charge in [-0.25, -0.2) is 4.98 Å². The zero-order valence-corrected chi connectivity index (χ0v) is 10.8. The molecule has 2 nitrogen and oxygen atoms in total. The summed E-state index contributed by atoms with van der Waals surface area (Å²) in [5.74, 6) is 0. The summed E-state index contributed by atoms with van der Waals surface area (Å²) in [6.45, 7) is 0.943. The molecule has 1 aliphatic carbocycles. The number of fused-ring (bicyclic) bond motifs is 1. The molecule has 1 aliphatic rings. The minimum atomic E-state index is 0.746. The van der Waals surface area contributed by atoms with E-state index >= 15 is 0 Å². The van der Waals surface area contributed by atoms with Crippen LogP contribution in [0.2, 0.25) is 0 Å². The van der Waals surface area contributed by atoms with E-state index in [-0.39, 0.29) is 0 Å². The van der Waals surface area contributed by atoms with Crippen LogP contribution in [-0.4, -0.2) is 17.3 Å². The number of para-hydroxylation sites is 1. The van der Waals surface area contributed by atoms with Crippen molar-refractivity contribution in [3.05, 3.63) is 35.9 Å². The van der Waals surface area contributed by atoms with E-state index in [1.165, 1.54) is 23.8 Å². The van der Waals surface area contributed by atoms with E-state index in [4.69, 9.17) is 4.98 Å². The summed E-state index contributed by atoms with van der Waals surface area (Å²) >= 11 is 1.73. The fourth-order valence-electron chi connectivity index (χ4n) is 1.99. The van der Waals surface area contributed by atoms with Gasteiger partial charge in [-0.15, -0.1) is 11.8 Å². The zero-order valence-electron chi connectivity index (χ0n) is 9.94. The van der Waals surface area contributed by atoms with Gasteiger partial charge in [0.25, 0.3) is 0 Å². The van der Waals surface area contributed by atoms with Crippen molar-refractivity contribution in [2.45, 2.75) is 30.5 Å². The van der Waals surface area contributed by atoms with Gasteiger partial charge >= 0.3 is 0 Å². The van der Waals surface area contributed by atoms with Gasteiger partial charge in [-0.3, -0.25) is 0 Å². The second kappa shape index (κ2) is 4.67. The minimum Gasteiger partial charge on any atom is -0.310 e. The van der Waals surface area contributed by atoms with Crippen LogP contribution in [0.4, 0.5) is 0 Å². The maximum atomic E-state index is 4.71. The van der Waals surface area contributed by atoms with Crippen LogP contribution < -0.4 is 5.32 Å². The Hall–Kier alpha value is -1.06. The normalized spacial score (nSPS) is 15.4. The standard InChI is InChI=1S/C14H16N2S/c1-17-14-11(9-15-12-6-7-12)8-10-4-2-3-5-13(10)16-14/h2-5,8,12,15H,6-7,9H2,1H3. The van der Waals surface area contributed by atoms with Crippen molar-refractivity contribution in [3.8, 4) is 0 Å². The van der Waals surface area contributed by atoms with E-state index in [0.717, 1.165) is 23.1 Å².